The molecule has 0 radical (unpaired) electrons. The molecule has 4 aromatic rings. The Balaban J connectivity index is 1.78. The first kappa shape index (κ1) is 17.5. The van der Waals surface area contributed by atoms with Crippen molar-refractivity contribution in [2.45, 2.75) is 6.92 Å². The summed E-state index contributed by atoms with van der Waals surface area (Å²) in [4.78, 5) is 30.9. The first-order chi connectivity index (χ1) is 13.0. The van der Waals surface area contributed by atoms with Gasteiger partial charge >= 0.3 is 0 Å². The highest BCUT2D eigenvalue weighted by molar-refractivity contribution is 7.20. The number of hydrogen-bond donors (Lipinski definition) is 1. The van der Waals surface area contributed by atoms with Crippen molar-refractivity contribution in [3.8, 4) is 5.75 Å². The number of carbonyl (C=O) groups excluding carboxylic acids is 1. The molecule has 0 aliphatic carbocycles. The smallest absolute Gasteiger partial charge is 0.266 e. The lowest BCUT2D eigenvalue weighted by Crippen LogP contribution is -2.14. The average Bonchev–Trinajstić information content (AvgIpc) is 3.08. The molecule has 0 fully saturated rings. The van der Waals surface area contributed by atoms with Crippen molar-refractivity contribution in [2.24, 2.45) is 0 Å². The number of nitrogens with zero attached hydrogens (tertiary/aromatic N) is 2. The van der Waals surface area contributed by atoms with Crippen LogP contribution in [0.25, 0.3) is 15.9 Å². The Bertz CT molecular complexity index is 1260. The van der Waals surface area contributed by atoms with Crippen LogP contribution in [0.3, 0.4) is 0 Å². The maximum Gasteiger partial charge on any atom is 0.266 e. The molecule has 0 atom stereocenters. The van der Waals surface area contributed by atoms with Crippen molar-refractivity contribution in [3.05, 3.63) is 68.4 Å². The zero-order valence-electron chi connectivity index (χ0n) is 14.4. The number of methoxy groups -OCH3 is 1. The molecule has 1 N–H and O–H groups in total. The minimum absolute atomic E-state index is 0.200. The van der Waals surface area contributed by atoms with Crippen LogP contribution < -0.4 is 15.6 Å². The van der Waals surface area contributed by atoms with E-state index in [2.05, 4.69) is 10.3 Å². The summed E-state index contributed by atoms with van der Waals surface area (Å²) in [5, 5.41) is 3.66. The highest BCUT2D eigenvalue weighted by Crippen LogP contribution is 2.29. The number of thiophene rings is 1. The highest BCUT2D eigenvalue weighted by atomic mass is 35.5. The first-order valence-corrected chi connectivity index (χ1v) is 9.24. The predicted octanol–water partition coefficient (Wildman–Crippen LogP) is 4.13. The van der Waals surface area contributed by atoms with Gasteiger partial charge in [0, 0.05) is 11.2 Å². The molecule has 136 valence electrons. The maximum absolute atomic E-state index is 12.7. The molecule has 1 aromatic carbocycles. The molecule has 0 unspecified atom stereocenters. The number of aryl methyl sites for hydroxylation is 1. The third-order valence-corrected chi connectivity index (χ3v) is 5.43. The lowest BCUT2D eigenvalue weighted by Gasteiger charge is -2.09. The lowest BCUT2D eigenvalue weighted by molar-refractivity contribution is 0.103. The van der Waals surface area contributed by atoms with E-state index >= 15 is 0 Å². The molecule has 4 rings (SSSR count). The van der Waals surface area contributed by atoms with E-state index in [4.69, 9.17) is 16.3 Å². The summed E-state index contributed by atoms with van der Waals surface area (Å²) in [5.74, 6) is 0.136. The average molecular weight is 400 g/mol. The number of ether oxygens (including phenoxy) is 1. The van der Waals surface area contributed by atoms with Crippen molar-refractivity contribution >= 4 is 50.4 Å². The molecule has 0 aliphatic heterocycles. The summed E-state index contributed by atoms with van der Waals surface area (Å²) in [7, 11) is 1.51. The molecule has 8 heteroatoms. The van der Waals surface area contributed by atoms with Crippen LogP contribution in [0.4, 0.5) is 5.69 Å². The van der Waals surface area contributed by atoms with Crippen molar-refractivity contribution in [1.29, 1.82) is 0 Å². The Morgan fingerprint density at radius 2 is 2.11 bits per heavy atom. The number of fused-ring (bicyclic) bond motifs is 2. The SMILES string of the molecule is COc1ccc(Cl)cc1NC(=O)c1cc2c(=O)n3cccc(C)c3nc2s1. The monoisotopic (exact) mass is 399 g/mol. The molecule has 3 heterocycles. The van der Waals surface area contributed by atoms with Gasteiger partial charge in [-0.2, -0.15) is 0 Å². The normalized spacial score (nSPS) is 11.1. The summed E-state index contributed by atoms with van der Waals surface area (Å²) in [5.41, 5.74) is 1.73. The number of halogens is 1. The van der Waals surface area contributed by atoms with E-state index in [0.717, 1.165) is 5.56 Å². The van der Waals surface area contributed by atoms with Gasteiger partial charge in [0.2, 0.25) is 0 Å². The van der Waals surface area contributed by atoms with E-state index in [-0.39, 0.29) is 11.5 Å². The van der Waals surface area contributed by atoms with Gasteiger partial charge in [0.25, 0.3) is 11.5 Å². The number of anilines is 1. The van der Waals surface area contributed by atoms with Gasteiger partial charge in [0.1, 0.15) is 16.2 Å². The minimum Gasteiger partial charge on any atom is -0.495 e. The van der Waals surface area contributed by atoms with Gasteiger partial charge in [-0.1, -0.05) is 17.7 Å². The van der Waals surface area contributed by atoms with E-state index in [9.17, 15) is 9.59 Å². The van der Waals surface area contributed by atoms with Crippen LogP contribution in [0.2, 0.25) is 5.02 Å². The maximum atomic E-state index is 12.7. The topological polar surface area (TPSA) is 72.7 Å². The number of pyridine rings is 1. The number of nitrogens with one attached hydrogen (secondary N) is 1. The summed E-state index contributed by atoms with van der Waals surface area (Å²) in [6.07, 6.45) is 1.67. The van der Waals surface area contributed by atoms with Crippen LogP contribution in [0.5, 0.6) is 5.75 Å². The first-order valence-electron chi connectivity index (χ1n) is 8.04. The van der Waals surface area contributed by atoms with E-state index in [1.54, 1.807) is 36.5 Å². The Morgan fingerprint density at radius 3 is 2.89 bits per heavy atom. The second-order valence-electron chi connectivity index (χ2n) is 5.93. The van der Waals surface area contributed by atoms with Gasteiger partial charge in [0.05, 0.1) is 23.1 Å². The fourth-order valence-electron chi connectivity index (χ4n) is 2.83. The molecule has 0 saturated heterocycles. The van der Waals surface area contributed by atoms with Crippen LogP contribution in [-0.4, -0.2) is 22.4 Å². The minimum atomic E-state index is -0.358. The Hall–Kier alpha value is -2.90. The largest absolute Gasteiger partial charge is 0.495 e. The predicted molar refractivity (Wildman–Crippen MR) is 108 cm³/mol. The number of carbonyl (C=O) groups is 1. The molecule has 0 saturated carbocycles. The third-order valence-electron chi connectivity index (χ3n) is 4.16. The van der Waals surface area contributed by atoms with Crippen molar-refractivity contribution in [1.82, 2.24) is 9.38 Å². The third kappa shape index (κ3) is 3.05. The van der Waals surface area contributed by atoms with Gasteiger partial charge < -0.3 is 10.1 Å². The second-order valence-corrected chi connectivity index (χ2v) is 7.40. The summed E-state index contributed by atoms with van der Waals surface area (Å²) in [6.45, 7) is 1.89. The summed E-state index contributed by atoms with van der Waals surface area (Å²) >= 11 is 7.17. The molecule has 1 amide bonds. The zero-order chi connectivity index (χ0) is 19.1. The van der Waals surface area contributed by atoms with Crippen LogP contribution >= 0.6 is 22.9 Å². The van der Waals surface area contributed by atoms with Gasteiger partial charge in [-0.3, -0.25) is 14.0 Å². The quantitative estimate of drug-likeness (QED) is 0.562. The van der Waals surface area contributed by atoms with Crippen LogP contribution in [0.15, 0.2) is 47.4 Å². The number of amides is 1. The van der Waals surface area contributed by atoms with Crippen molar-refractivity contribution in [2.75, 3.05) is 12.4 Å². The molecular weight excluding hydrogens is 386 g/mol. The van der Waals surface area contributed by atoms with E-state index < -0.39 is 0 Å². The van der Waals surface area contributed by atoms with Crippen LogP contribution in [-0.2, 0) is 0 Å². The molecule has 3 aromatic heterocycles. The Labute approximate surface area is 163 Å². The number of rotatable bonds is 3. The molecule has 0 spiro atoms. The number of benzene rings is 1. The molecule has 0 aliphatic rings. The Morgan fingerprint density at radius 1 is 1.30 bits per heavy atom. The van der Waals surface area contributed by atoms with Crippen molar-refractivity contribution < 1.29 is 9.53 Å². The zero-order valence-corrected chi connectivity index (χ0v) is 16.0. The van der Waals surface area contributed by atoms with Gasteiger partial charge in [0.15, 0.2) is 0 Å². The fraction of sp³-hybridized carbons (Fsp3) is 0.105. The highest BCUT2D eigenvalue weighted by Gasteiger charge is 2.17. The lowest BCUT2D eigenvalue weighted by atomic mass is 10.2. The Kier molecular flexibility index (Phi) is 4.33. The van der Waals surface area contributed by atoms with Crippen LogP contribution in [0.1, 0.15) is 15.2 Å². The second kappa shape index (κ2) is 6.68. The number of aromatic nitrogens is 2. The van der Waals surface area contributed by atoms with E-state index in [1.165, 1.54) is 22.8 Å². The van der Waals surface area contributed by atoms with Gasteiger partial charge in [-0.15, -0.1) is 11.3 Å². The van der Waals surface area contributed by atoms with Gasteiger partial charge in [-0.05, 0) is 42.8 Å². The number of hydrogen-bond acceptors (Lipinski definition) is 5. The molecule has 6 nitrogen and oxygen atoms in total. The summed E-state index contributed by atoms with van der Waals surface area (Å²) < 4.78 is 6.74. The molecule has 27 heavy (non-hydrogen) atoms. The van der Waals surface area contributed by atoms with Crippen molar-refractivity contribution in [3.63, 3.8) is 0 Å². The van der Waals surface area contributed by atoms with E-state index in [1.807, 2.05) is 13.0 Å². The standard InChI is InChI=1S/C19H14ClN3O3S/c1-10-4-3-7-23-16(10)22-18-12(19(23)25)9-15(27-18)17(24)21-13-8-11(20)5-6-14(13)26-2/h3-9H,1-2H3,(H,21,24). The van der Waals surface area contributed by atoms with Gasteiger partial charge in [-0.25, -0.2) is 4.98 Å². The molecular formula is C19H14ClN3O3S. The molecule has 0 bridgehead atoms. The fourth-order valence-corrected chi connectivity index (χ4v) is 3.92. The van der Waals surface area contributed by atoms with Crippen LogP contribution in [0, 0.1) is 6.92 Å². The van der Waals surface area contributed by atoms with E-state index in [0.29, 0.717) is 37.2 Å². The summed E-state index contributed by atoms with van der Waals surface area (Å²) in [6, 6.07) is 10.2.